The minimum absolute atomic E-state index is 0.0321. The van der Waals surface area contributed by atoms with Crippen LogP contribution in [0.2, 0.25) is 0 Å². The zero-order chi connectivity index (χ0) is 49.3. The van der Waals surface area contributed by atoms with Crippen LogP contribution in [0.3, 0.4) is 0 Å². The van der Waals surface area contributed by atoms with E-state index in [1.165, 1.54) is 36.7 Å². The summed E-state index contributed by atoms with van der Waals surface area (Å²) in [6.45, 7) is 7.58. The Morgan fingerprint density at radius 1 is 0.710 bits per heavy atom. The summed E-state index contributed by atoms with van der Waals surface area (Å²) in [5.74, 6) is -0.774. The molecule has 7 N–H and O–H groups in total. The van der Waals surface area contributed by atoms with Crippen molar-refractivity contribution in [1.29, 1.82) is 0 Å². The van der Waals surface area contributed by atoms with Gasteiger partial charge in [-0.3, -0.25) is 9.98 Å². The van der Waals surface area contributed by atoms with E-state index < -0.39 is 41.7 Å². The summed E-state index contributed by atoms with van der Waals surface area (Å²) in [6, 6.07) is 22.1. The number of nitrogens with two attached hydrogens (primary N) is 2. The third kappa shape index (κ3) is 10.3. The van der Waals surface area contributed by atoms with Crippen molar-refractivity contribution in [3.8, 4) is 45.6 Å². The van der Waals surface area contributed by atoms with Crippen LogP contribution in [0.5, 0.6) is 34.5 Å². The smallest absolute Gasteiger partial charge is 0.493 e. The number of amidine groups is 2. The molecule has 0 saturated carbocycles. The van der Waals surface area contributed by atoms with Gasteiger partial charge >= 0.3 is 7.12 Å². The molecule has 14 nitrogen and oxygen atoms in total. The first-order chi connectivity index (χ1) is 32.9. The van der Waals surface area contributed by atoms with Crippen LogP contribution in [0.15, 0.2) is 112 Å². The minimum Gasteiger partial charge on any atom is -0.508 e. The predicted octanol–water partition coefficient (Wildman–Crippen LogP) is 7.90. The maximum Gasteiger partial charge on any atom is 0.493 e. The molecule has 0 radical (unpaired) electrons. The molecule has 4 aromatic carbocycles. The Morgan fingerprint density at radius 2 is 1.28 bits per heavy atom. The number of pyridine rings is 2. The van der Waals surface area contributed by atoms with E-state index in [2.05, 4.69) is 30.9 Å². The average Bonchev–Trinajstić information content (AvgIpc) is 3.63. The first kappa shape index (κ1) is 48.9. The van der Waals surface area contributed by atoms with Crippen LogP contribution in [0.1, 0.15) is 55.9 Å². The number of phenols is 1. The highest BCUT2D eigenvalue weighted by atomic mass is 79.9. The third-order valence-corrected chi connectivity index (χ3v) is 11.8. The Hall–Kier alpha value is -6.58. The van der Waals surface area contributed by atoms with Crippen LogP contribution >= 0.6 is 15.9 Å². The molecule has 2 unspecified atom stereocenters. The molecule has 0 fully saturated rings. The molecule has 69 heavy (non-hydrogen) atoms. The molecule has 4 aliphatic heterocycles. The lowest BCUT2D eigenvalue weighted by Crippen LogP contribution is -2.35. The van der Waals surface area contributed by atoms with Crippen LogP contribution in [0, 0.1) is 28.9 Å². The maximum absolute atomic E-state index is 15.4. The van der Waals surface area contributed by atoms with E-state index >= 15 is 4.39 Å². The number of benzene rings is 4. The largest absolute Gasteiger partial charge is 0.508 e. The quantitative estimate of drug-likeness (QED) is 0.0649. The monoisotopic (exact) mass is 1010 g/mol. The molecule has 358 valence electrons. The molecule has 6 heterocycles. The molecule has 20 heteroatoms. The fraction of sp³-hybridized carbons (Fsp3) is 0.265. The lowest BCUT2D eigenvalue weighted by atomic mass is 9.79. The van der Waals surface area contributed by atoms with Crippen molar-refractivity contribution in [3.63, 3.8) is 0 Å². The van der Waals surface area contributed by atoms with Crippen molar-refractivity contribution < 1.29 is 56.4 Å². The van der Waals surface area contributed by atoms with Crippen LogP contribution in [-0.4, -0.2) is 76.9 Å². The fourth-order valence-corrected chi connectivity index (χ4v) is 8.45. The van der Waals surface area contributed by atoms with Gasteiger partial charge in [0.1, 0.15) is 34.1 Å². The Bertz CT molecular complexity index is 2980. The zero-order valence-corrected chi connectivity index (χ0v) is 39.1. The molecule has 2 aromatic heterocycles. The first-order valence-electron chi connectivity index (χ1n) is 21.6. The SMILES string of the molecule is CC(C)(C)COc1cc(F)c2c(c1)C1(COCCC(N)=N1)c1cc(-c3cccnc3F)ccc1O2.NC1=NC2(COCC1)c1cc(Br)ccc1Oc1c(F)cc(O)cc12.OB(O)c1cccnc1F. The van der Waals surface area contributed by atoms with E-state index in [9.17, 15) is 18.3 Å². The number of phenolic OH excluding ortho intramolecular Hbond substituents is 1. The van der Waals surface area contributed by atoms with Crippen molar-refractivity contribution in [1.82, 2.24) is 9.97 Å². The van der Waals surface area contributed by atoms with E-state index in [0.717, 1.165) is 10.5 Å². The predicted molar refractivity (Wildman–Crippen MR) is 253 cm³/mol. The normalized spacial score (nSPS) is 18.9. The van der Waals surface area contributed by atoms with Crippen LogP contribution in [0.4, 0.5) is 17.6 Å². The third-order valence-electron chi connectivity index (χ3n) is 11.3. The number of ether oxygens (including phenoxy) is 5. The van der Waals surface area contributed by atoms with E-state index in [1.807, 2.05) is 26.8 Å². The number of fused-ring (bicyclic) bond motifs is 8. The molecule has 6 aromatic rings. The van der Waals surface area contributed by atoms with Crippen molar-refractivity contribution in [2.24, 2.45) is 26.9 Å². The van der Waals surface area contributed by atoms with Gasteiger partial charge in [0.05, 0.1) is 44.7 Å². The standard InChI is InChI=1S/C27H27F2N3O3.C17H14BrFN2O3.C5H5BFNO2/c1-26(2,3)14-34-17-12-20-24(21(28)13-17)35-22-7-6-16(18-5-4-9-31-25(18)29)11-19(22)27(20)15-33-10-8-23(30)32-27;18-9-1-2-14-11(5-9)17(8-23-4-3-15(20)21-17)12-6-10(22)7-13(19)16(12)24-14;7-5-4(6(9)10)2-1-3-8-5/h4-7,9,11-13H,8,10,14-15H2,1-3H3,(H2,30,32);1-2,5-7,22H,3-4,8H2,(H2,20,21);1-3,9-10H. The molecule has 0 saturated heterocycles. The number of nitrogens with zero attached hydrogens (tertiary/aromatic N) is 4. The molecule has 4 aliphatic rings. The van der Waals surface area contributed by atoms with Crippen molar-refractivity contribution in [2.45, 2.75) is 44.7 Å². The number of aromatic nitrogens is 2. The van der Waals surface area contributed by atoms with Crippen molar-refractivity contribution in [3.05, 3.63) is 148 Å². The molecule has 0 aliphatic carbocycles. The van der Waals surface area contributed by atoms with Gasteiger partial charge in [0, 0.05) is 75.1 Å². The lowest BCUT2D eigenvalue weighted by Gasteiger charge is -2.37. The zero-order valence-electron chi connectivity index (χ0n) is 37.5. The summed E-state index contributed by atoms with van der Waals surface area (Å²) in [5, 5.41) is 26.9. The Labute approximate surface area is 402 Å². The molecular formula is C49H46BBrF4N6O8. The van der Waals surface area contributed by atoms with Gasteiger partial charge in [0.15, 0.2) is 23.1 Å². The number of rotatable bonds is 4. The second-order valence-electron chi connectivity index (χ2n) is 17.6. The number of aromatic hydroxyl groups is 1. The summed E-state index contributed by atoms with van der Waals surface area (Å²) in [4.78, 5) is 16.5. The first-order valence-corrected chi connectivity index (χ1v) is 22.4. The highest BCUT2D eigenvalue weighted by molar-refractivity contribution is 9.10. The second kappa shape index (κ2) is 19.8. The van der Waals surface area contributed by atoms with E-state index in [0.29, 0.717) is 95.0 Å². The van der Waals surface area contributed by atoms with Crippen LogP contribution in [-0.2, 0) is 20.6 Å². The Kier molecular flexibility index (Phi) is 14.0. The topological polar surface area (TPSA) is 209 Å². The summed E-state index contributed by atoms with van der Waals surface area (Å²) >= 11 is 3.44. The van der Waals surface area contributed by atoms with Crippen LogP contribution in [0.25, 0.3) is 11.1 Å². The minimum atomic E-state index is -1.78. The summed E-state index contributed by atoms with van der Waals surface area (Å²) in [7, 11) is -1.78. The van der Waals surface area contributed by atoms with Crippen molar-refractivity contribution in [2.75, 3.05) is 33.0 Å². The Balaban J connectivity index is 0.000000162. The van der Waals surface area contributed by atoms with Gasteiger partial charge in [0.2, 0.25) is 11.9 Å². The molecule has 10 rings (SSSR count). The number of hydrogen-bond acceptors (Lipinski definition) is 14. The fourth-order valence-electron chi connectivity index (χ4n) is 8.09. The molecular weight excluding hydrogens is 967 g/mol. The highest BCUT2D eigenvalue weighted by Gasteiger charge is 2.47. The van der Waals surface area contributed by atoms with Crippen LogP contribution < -0.4 is 31.1 Å². The summed E-state index contributed by atoms with van der Waals surface area (Å²) < 4.78 is 86.9. The lowest BCUT2D eigenvalue weighted by molar-refractivity contribution is 0.106. The van der Waals surface area contributed by atoms with Gasteiger partial charge in [-0.05, 0) is 71.6 Å². The van der Waals surface area contributed by atoms with Gasteiger partial charge in [-0.1, -0.05) is 48.8 Å². The average molecular weight is 1010 g/mol. The highest BCUT2D eigenvalue weighted by Crippen LogP contribution is 2.54. The van der Waals surface area contributed by atoms with Gasteiger partial charge in [-0.15, -0.1) is 0 Å². The Morgan fingerprint density at radius 3 is 1.86 bits per heavy atom. The van der Waals surface area contributed by atoms with Gasteiger partial charge in [-0.2, -0.15) is 8.78 Å². The maximum atomic E-state index is 15.4. The van der Waals surface area contributed by atoms with E-state index in [-0.39, 0.29) is 41.3 Å². The van der Waals surface area contributed by atoms with Gasteiger partial charge < -0.3 is 50.3 Å². The van der Waals surface area contributed by atoms with Gasteiger partial charge in [-0.25, -0.2) is 18.7 Å². The van der Waals surface area contributed by atoms with Gasteiger partial charge in [0.25, 0.3) is 0 Å². The molecule has 2 atom stereocenters. The molecule has 0 bridgehead atoms. The number of aliphatic imine (C=N–C) groups is 2. The van der Waals surface area contributed by atoms with E-state index in [1.54, 1.807) is 48.5 Å². The summed E-state index contributed by atoms with van der Waals surface area (Å²) in [5.41, 5.74) is 12.8. The van der Waals surface area contributed by atoms with Crippen molar-refractivity contribution >= 4 is 40.2 Å². The molecule has 2 spiro atoms. The van der Waals surface area contributed by atoms with E-state index in [4.69, 9.17) is 50.2 Å². The molecule has 0 amide bonds. The summed E-state index contributed by atoms with van der Waals surface area (Å²) in [6.07, 6.45) is 3.56. The number of hydrogen-bond donors (Lipinski definition) is 5. The number of halogens is 5. The second-order valence-corrected chi connectivity index (χ2v) is 18.5.